The Morgan fingerprint density at radius 2 is 1.75 bits per heavy atom. The van der Waals surface area contributed by atoms with E-state index in [9.17, 15) is 4.79 Å². The molecule has 5 nitrogen and oxygen atoms in total. The van der Waals surface area contributed by atoms with Crippen LogP contribution in [0.4, 0.5) is 5.69 Å². The Kier molecular flexibility index (Phi) is 4.85. The van der Waals surface area contributed by atoms with E-state index in [1.807, 2.05) is 77.6 Å². The average molecular weight is 366 g/mol. The van der Waals surface area contributed by atoms with Gasteiger partial charge in [-0.2, -0.15) is 0 Å². The van der Waals surface area contributed by atoms with Gasteiger partial charge in [-0.05, 0) is 29.3 Å². The Morgan fingerprint density at radius 3 is 2.46 bits per heavy atom. The summed E-state index contributed by atoms with van der Waals surface area (Å²) >= 11 is 0. The molecule has 0 fully saturated rings. The normalized spacial score (nSPS) is 10.5. The van der Waals surface area contributed by atoms with E-state index in [0.717, 1.165) is 28.9 Å². The third kappa shape index (κ3) is 3.76. The highest BCUT2D eigenvalue weighted by Crippen LogP contribution is 2.16. The third-order valence-corrected chi connectivity index (χ3v) is 4.62. The van der Waals surface area contributed by atoms with Crippen LogP contribution in [-0.2, 0) is 13.0 Å². The first-order chi connectivity index (χ1) is 13.7. The quantitative estimate of drug-likeness (QED) is 0.496. The summed E-state index contributed by atoms with van der Waals surface area (Å²) in [5.41, 5.74) is 4.54. The van der Waals surface area contributed by atoms with Crippen LogP contribution in [0.15, 0.2) is 90.2 Å². The van der Waals surface area contributed by atoms with Gasteiger partial charge in [0, 0.05) is 42.8 Å². The molecular weight excluding hydrogens is 348 g/mol. The Bertz CT molecular complexity index is 1180. The molecule has 2 aromatic carbocycles. The monoisotopic (exact) mass is 366 g/mol. The number of hydrogen-bond donors (Lipinski definition) is 0. The first kappa shape index (κ1) is 17.5. The predicted molar refractivity (Wildman–Crippen MR) is 109 cm³/mol. The first-order valence-electron chi connectivity index (χ1n) is 8.95. The van der Waals surface area contributed by atoms with E-state index < -0.39 is 0 Å². The summed E-state index contributed by atoms with van der Waals surface area (Å²) in [6, 6.07) is 20.8. The molecule has 2 aromatic heterocycles. The number of benzene rings is 2. The molecule has 136 valence electrons. The van der Waals surface area contributed by atoms with Crippen molar-refractivity contribution in [3.05, 3.63) is 124 Å². The summed E-state index contributed by atoms with van der Waals surface area (Å²) in [6.07, 6.45) is 6.16. The molecule has 0 N–H and O–H groups in total. The van der Waals surface area contributed by atoms with Gasteiger partial charge < -0.3 is 4.57 Å². The number of pyridine rings is 1. The van der Waals surface area contributed by atoms with Gasteiger partial charge in [-0.3, -0.25) is 9.36 Å². The van der Waals surface area contributed by atoms with Gasteiger partial charge in [-0.15, -0.1) is 0 Å². The van der Waals surface area contributed by atoms with E-state index in [2.05, 4.69) is 9.83 Å². The number of aromatic nitrogens is 3. The SMILES string of the molecule is [C-]#[N+]c1ccc(Cc2cncn2Cc2ccn(-c3ccccc3)c(=O)c2)cc1. The third-order valence-electron chi connectivity index (χ3n) is 4.62. The maximum Gasteiger partial charge on any atom is 0.255 e. The smallest absolute Gasteiger partial charge is 0.255 e. The van der Waals surface area contributed by atoms with Crippen LogP contribution in [-0.4, -0.2) is 14.1 Å². The molecule has 0 aliphatic rings. The van der Waals surface area contributed by atoms with Crippen LogP contribution >= 0.6 is 0 Å². The largest absolute Gasteiger partial charge is 0.330 e. The van der Waals surface area contributed by atoms with Crippen LogP contribution in [0.5, 0.6) is 0 Å². The van der Waals surface area contributed by atoms with Crippen LogP contribution < -0.4 is 5.56 Å². The lowest BCUT2D eigenvalue weighted by Crippen LogP contribution is -2.18. The van der Waals surface area contributed by atoms with E-state index in [4.69, 9.17) is 6.57 Å². The maximum absolute atomic E-state index is 12.5. The minimum absolute atomic E-state index is 0.0555. The van der Waals surface area contributed by atoms with E-state index in [-0.39, 0.29) is 5.56 Å². The van der Waals surface area contributed by atoms with E-state index >= 15 is 0 Å². The molecule has 0 saturated carbocycles. The topological polar surface area (TPSA) is 44.2 Å². The zero-order valence-corrected chi connectivity index (χ0v) is 15.2. The lowest BCUT2D eigenvalue weighted by Gasteiger charge is -2.10. The van der Waals surface area contributed by atoms with Crippen molar-refractivity contribution in [1.82, 2.24) is 14.1 Å². The lowest BCUT2D eigenvalue weighted by molar-refractivity contribution is 0.749. The van der Waals surface area contributed by atoms with E-state index in [1.165, 1.54) is 0 Å². The Balaban J connectivity index is 1.54. The molecule has 0 radical (unpaired) electrons. The highest BCUT2D eigenvalue weighted by atomic mass is 16.1. The minimum atomic E-state index is -0.0555. The molecule has 4 rings (SSSR count). The van der Waals surface area contributed by atoms with Gasteiger partial charge in [0.05, 0.1) is 12.9 Å². The molecule has 0 aliphatic heterocycles. The molecule has 4 aromatic rings. The van der Waals surface area contributed by atoms with Crippen molar-refractivity contribution < 1.29 is 0 Å². The molecule has 0 unspecified atom stereocenters. The zero-order chi connectivity index (χ0) is 19.3. The number of para-hydroxylation sites is 1. The van der Waals surface area contributed by atoms with Crippen molar-refractivity contribution in [1.29, 1.82) is 0 Å². The van der Waals surface area contributed by atoms with Crippen molar-refractivity contribution >= 4 is 5.69 Å². The lowest BCUT2D eigenvalue weighted by atomic mass is 10.1. The van der Waals surface area contributed by atoms with Gasteiger partial charge in [-0.1, -0.05) is 42.5 Å². The average Bonchev–Trinajstić information content (AvgIpc) is 3.16. The highest BCUT2D eigenvalue weighted by Gasteiger charge is 2.07. The molecule has 0 atom stereocenters. The number of nitrogens with zero attached hydrogens (tertiary/aromatic N) is 4. The van der Waals surface area contributed by atoms with E-state index in [1.54, 1.807) is 17.0 Å². The number of hydrogen-bond acceptors (Lipinski definition) is 2. The standard InChI is InChI=1S/C23H18N4O/c1-24-20-9-7-18(8-10-20)13-22-15-25-17-26(22)16-19-11-12-27(23(28)14-19)21-5-3-2-4-6-21/h2-12,14-15,17H,13,16H2. The second kappa shape index (κ2) is 7.77. The van der Waals surface area contributed by atoms with Crippen LogP contribution in [0.25, 0.3) is 10.5 Å². The Morgan fingerprint density at radius 1 is 0.964 bits per heavy atom. The first-order valence-corrected chi connectivity index (χ1v) is 8.95. The van der Waals surface area contributed by atoms with E-state index in [0.29, 0.717) is 12.2 Å². The second-order valence-corrected chi connectivity index (χ2v) is 6.55. The molecule has 0 spiro atoms. The fourth-order valence-corrected chi connectivity index (χ4v) is 3.15. The molecule has 0 saturated heterocycles. The molecule has 2 heterocycles. The Labute approximate surface area is 163 Å². The summed E-state index contributed by atoms with van der Waals surface area (Å²) in [4.78, 5) is 20.2. The Hall–Kier alpha value is -3.91. The number of rotatable bonds is 5. The van der Waals surface area contributed by atoms with Gasteiger partial charge in [0.1, 0.15) is 0 Å². The van der Waals surface area contributed by atoms with Crippen molar-refractivity contribution in [3.63, 3.8) is 0 Å². The summed E-state index contributed by atoms with van der Waals surface area (Å²) in [5, 5.41) is 0. The molecule has 0 amide bonds. The molecule has 5 heteroatoms. The molecular formula is C23H18N4O. The summed E-state index contributed by atoms with van der Waals surface area (Å²) in [5.74, 6) is 0. The summed E-state index contributed by atoms with van der Waals surface area (Å²) < 4.78 is 3.68. The highest BCUT2D eigenvalue weighted by molar-refractivity contribution is 5.45. The minimum Gasteiger partial charge on any atom is -0.330 e. The van der Waals surface area contributed by atoms with Crippen LogP contribution in [0, 0.1) is 6.57 Å². The molecule has 28 heavy (non-hydrogen) atoms. The molecule has 0 bridgehead atoms. The van der Waals surface area contributed by atoms with Gasteiger partial charge in [0.25, 0.3) is 5.56 Å². The van der Waals surface area contributed by atoms with Crippen LogP contribution in [0.3, 0.4) is 0 Å². The van der Waals surface area contributed by atoms with Crippen molar-refractivity contribution in [2.75, 3.05) is 0 Å². The summed E-state index contributed by atoms with van der Waals surface area (Å²) in [7, 11) is 0. The van der Waals surface area contributed by atoms with Crippen molar-refractivity contribution in [3.8, 4) is 5.69 Å². The van der Waals surface area contributed by atoms with Crippen LogP contribution in [0.1, 0.15) is 16.8 Å². The summed E-state index contributed by atoms with van der Waals surface area (Å²) in [6.45, 7) is 7.62. The van der Waals surface area contributed by atoms with Crippen molar-refractivity contribution in [2.24, 2.45) is 0 Å². The van der Waals surface area contributed by atoms with Crippen LogP contribution in [0.2, 0.25) is 0 Å². The molecule has 0 aliphatic carbocycles. The maximum atomic E-state index is 12.5. The van der Waals surface area contributed by atoms with Gasteiger partial charge in [0.2, 0.25) is 0 Å². The van der Waals surface area contributed by atoms with Crippen molar-refractivity contribution in [2.45, 2.75) is 13.0 Å². The second-order valence-electron chi connectivity index (χ2n) is 6.55. The number of imidazole rings is 1. The van der Waals surface area contributed by atoms with Gasteiger partial charge in [0.15, 0.2) is 5.69 Å². The van der Waals surface area contributed by atoms with Gasteiger partial charge in [-0.25, -0.2) is 9.83 Å². The fraction of sp³-hybridized carbons (Fsp3) is 0.0870. The van der Waals surface area contributed by atoms with Gasteiger partial charge >= 0.3 is 0 Å². The fourth-order valence-electron chi connectivity index (χ4n) is 3.15. The zero-order valence-electron chi connectivity index (χ0n) is 15.2. The predicted octanol–water partition coefficient (Wildman–Crippen LogP) is 4.22.